The van der Waals surface area contributed by atoms with Gasteiger partial charge in [-0.05, 0) is 37.1 Å². The van der Waals surface area contributed by atoms with Crippen LogP contribution in [-0.4, -0.2) is 30.9 Å². The van der Waals surface area contributed by atoms with E-state index in [0.717, 1.165) is 23.2 Å². The largest absolute Gasteiger partial charge is 0.491 e. The molecule has 1 rings (SSSR count). The van der Waals surface area contributed by atoms with Crippen LogP contribution in [0, 0.1) is 5.92 Å². The molecule has 18 heavy (non-hydrogen) atoms. The standard InChI is InChI=1S/C14H22BrNO2/c1-11(2)6-7-16-9-13(17)10-18-14-5-3-4-12(15)8-14/h3-5,8,11,13,16-17H,6-7,9-10H2,1-2H3. The molecule has 0 saturated carbocycles. The topological polar surface area (TPSA) is 41.5 Å². The summed E-state index contributed by atoms with van der Waals surface area (Å²) in [6.07, 6.45) is 0.648. The highest BCUT2D eigenvalue weighted by Gasteiger charge is 2.05. The number of hydrogen-bond acceptors (Lipinski definition) is 3. The van der Waals surface area contributed by atoms with Gasteiger partial charge in [-0.25, -0.2) is 0 Å². The summed E-state index contributed by atoms with van der Waals surface area (Å²) in [6.45, 7) is 6.19. The number of aliphatic hydroxyl groups is 1. The number of aliphatic hydroxyl groups excluding tert-OH is 1. The van der Waals surface area contributed by atoms with Gasteiger partial charge in [0.25, 0.3) is 0 Å². The Bertz CT molecular complexity index is 344. The summed E-state index contributed by atoms with van der Waals surface area (Å²) in [6, 6.07) is 7.62. The summed E-state index contributed by atoms with van der Waals surface area (Å²) < 4.78 is 6.48. The molecule has 1 unspecified atom stereocenters. The third-order valence-corrected chi connectivity index (χ3v) is 3.01. The first kappa shape index (κ1) is 15.5. The quantitative estimate of drug-likeness (QED) is 0.725. The lowest BCUT2D eigenvalue weighted by Crippen LogP contribution is -2.32. The van der Waals surface area contributed by atoms with Gasteiger partial charge in [0.1, 0.15) is 18.5 Å². The summed E-state index contributed by atoms with van der Waals surface area (Å²) in [5.74, 6) is 1.46. The monoisotopic (exact) mass is 315 g/mol. The third kappa shape index (κ3) is 6.99. The number of rotatable bonds is 8. The van der Waals surface area contributed by atoms with Gasteiger partial charge >= 0.3 is 0 Å². The van der Waals surface area contributed by atoms with Gasteiger partial charge in [-0.1, -0.05) is 35.8 Å². The lowest BCUT2D eigenvalue weighted by atomic mass is 10.1. The molecule has 0 heterocycles. The molecule has 102 valence electrons. The molecule has 4 heteroatoms. The molecular weight excluding hydrogens is 294 g/mol. The molecule has 0 aliphatic carbocycles. The second kappa shape index (κ2) is 8.51. The van der Waals surface area contributed by atoms with E-state index >= 15 is 0 Å². The Morgan fingerprint density at radius 1 is 1.39 bits per heavy atom. The minimum Gasteiger partial charge on any atom is -0.491 e. The van der Waals surface area contributed by atoms with Crippen LogP contribution in [0.5, 0.6) is 5.75 Å². The molecule has 1 aromatic carbocycles. The molecule has 0 bridgehead atoms. The molecule has 3 nitrogen and oxygen atoms in total. The van der Waals surface area contributed by atoms with Crippen LogP contribution in [0.3, 0.4) is 0 Å². The van der Waals surface area contributed by atoms with E-state index in [1.807, 2.05) is 24.3 Å². The maximum Gasteiger partial charge on any atom is 0.120 e. The molecule has 0 aliphatic heterocycles. The van der Waals surface area contributed by atoms with Gasteiger partial charge < -0.3 is 15.2 Å². The second-order valence-corrected chi connectivity index (χ2v) is 5.72. The van der Waals surface area contributed by atoms with Crippen molar-refractivity contribution >= 4 is 15.9 Å². The molecule has 0 aromatic heterocycles. The van der Waals surface area contributed by atoms with Gasteiger partial charge in [-0.3, -0.25) is 0 Å². The fourth-order valence-corrected chi connectivity index (χ4v) is 1.85. The van der Waals surface area contributed by atoms with Gasteiger partial charge in [0, 0.05) is 11.0 Å². The molecule has 0 radical (unpaired) electrons. The highest BCUT2D eigenvalue weighted by molar-refractivity contribution is 9.10. The predicted molar refractivity (Wildman–Crippen MR) is 78.0 cm³/mol. The zero-order valence-corrected chi connectivity index (χ0v) is 12.6. The SMILES string of the molecule is CC(C)CCNCC(O)COc1cccc(Br)c1. The summed E-state index contributed by atoms with van der Waals surface area (Å²) in [5, 5.41) is 13.0. The van der Waals surface area contributed by atoms with E-state index in [0.29, 0.717) is 19.1 Å². The average Bonchev–Trinajstić information content (AvgIpc) is 2.32. The van der Waals surface area contributed by atoms with Gasteiger partial charge in [0.2, 0.25) is 0 Å². The van der Waals surface area contributed by atoms with Crippen molar-refractivity contribution in [3.63, 3.8) is 0 Å². The Hall–Kier alpha value is -0.580. The molecule has 1 aromatic rings. The lowest BCUT2D eigenvalue weighted by Gasteiger charge is -2.14. The van der Waals surface area contributed by atoms with Gasteiger partial charge in [-0.2, -0.15) is 0 Å². The number of nitrogens with one attached hydrogen (secondary N) is 1. The summed E-state index contributed by atoms with van der Waals surface area (Å²) in [5.41, 5.74) is 0. The van der Waals surface area contributed by atoms with Gasteiger partial charge in [-0.15, -0.1) is 0 Å². The predicted octanol–water partition coefficient (Wildman–Crippen LogP) is 2.82. The summed E-state index contributed by atoms with van der Waals surface area (Å²) in [4.78, 5) is 0. The highest BCUT2D eigenvalue weighted by Crippen LogP contribution is 2.17. The van der Waals surface area contributed by atoms with Gasteiger partial charge in [0.05, 0.1) is 0 Å². The van der Waals surface area contributed by atoms with Crippen molar-refractivity contribution in [3.8, 4) is 5.75 Å². The van der Waals surface area contributed by atoms with Crippen LogP contribution in [0.1, 0.15) is 20.3 Å². The number of halogens is 1. The van der Waals surface area contributed by atoms with Crippen LogP contribution in [-0.2, 0) is 0 Å². The first-order chi connectivity index (χ1) is 8.58. The average molecular weight is 316 g/mol. The molecule has 0 saturated heterocycles. The van der Waals surface area contributed by atoms with E-state index in [-0.39, 0.29) is 0 Å². The maximum absolute atomic E-state index is 9.75. The van der Waals surface area contributed by atoms with E-state index in [1.54, 1.807) is 0 Å². The van der Waals surface area contributed by atoms with Crippen molar-refractivity contribution in [2.45, 2.75) is 26.4 Å². The Kier molecular flexibility index (Phi) is 7.32. The molecule has 0 spiro atoms. The van der Waals surface area contributed by atoms with Crippen LogP contribution < -0.4 is 10.1 Å². The van der Waals surface area contributed by atoms with Crippen molar-refractivity contribution in [1.82, 2.24) is 5.32 Å². The number of benzene rings is 1. The smallest absolute Gasteiger partial charge is 0.120 e. The van der Waals surface area contributed by atoms with Crippen molar-refractivity contribution in [1.29, 1.82) is 0 Å². The molecular formula is C14H22BrNO2. The Labute approximate surface area is 118 Å². The van der Waals surface area contributed by atoms with Crippen LogP contribution in [0.4, 0.5) is 0 Å². The summed E-state index contributed by atoms with van der Waals surface area (Å²) >= 11 is 3.38. The zero-order valence-electron chi connectivity index (χ0n) is 11.0. The normalized spacial score (nSPS) is 12.7. The second-order valence-electron chi connectivity index (χ2n) is 4.81. The van der Waals surface area contributed by atoms with Gasteiger partial charge in [0.15, 0.2) is 0 Å². The van der Waals surface area contributed by atoms with E-state index in [4.69, 9.17) is 4.74 Å². The van der Waals surface area contributed by atoms with Crippen LogP contribution >= 0.6 is 15.9 Å². The molecule has 0 fully saturated rings. The van der Waals surface area contributed by atoms with Crippen molar-refractivity contribution in [2.24, 2.45) is 5.92 Å². The molecule has 0 aliphatic rings. The first-order valence-electron chi connectivity index (χ1n) is 6.35. The fraction of sp³-hybridized carbons (Fsp3) is 0.571. The third-order valence-electron chi connectivity index (χ3n) is 2.52. The minimum absolute atomic E-state index is 0.311. The molecule has 1 atom stereocenters. The lowest BCUT2D eigenvalue weighted by molar-refractivity contribution is 0.106. The minimum atomic E-state index is -0.476. The summed E-state index contributed by atoms with van der Waals surface area (Å²) in [7, 11) is 0. The van der Waals surface area contributed by atoms with Crippen molar-refractivity contribution < 1.29 is 9.84 Å². The molecule has 2 N–H and O–H groups in total. The van der Waals surface area contributed by atoms with Crippen molar-refractivity contribution in [2.75, 3.05) is 19.7 Å². The van der Waals surface area contributed by atoms with Crippen LogP contribution in [0.25, 0.3) is 0 Å². The fourth-order valence-electron chi connectivity index (χ4n) is 1.47. The van der Waals surface area contributed by atoms with Crippen LogP contribution in [0.2, 0.25) is 0 Å². The van der Waals surface area contributed by atoms with E-state index in [9.17, 15) is 5.11 Å². The first-order valence-corrected chi connectivity index (χ1v) is 7.14. The highest BCUT2D eigenvalue weighted by atomic mass is 79.9. The Morgan fingerprint density at radius 3 is 2.83 bits per heavy atom. The number of hydrogen-bond donors (Lipinski definition) is 2. The van der Waals surface area contributed by atoms with E-state index < -0.39 is 6.10 Å². The van der Waals surface area contributed by atoms with Crippen LogP contribution in [0.15, 0.2) is 28.7 Å². The maximum atomic E-state index is 9.75. The Balaban J connectivity index is 2.15. The molecule has 0 amide bonds. The van der Waals surface area contributed by atoms with Crippen molar-refractivity contribution in [3.05, 3.63) is 28.7 Å². The Morgan fingerprint density at radius 2 is 2.17 bits per heavy atom. The van der Waals surface area contributed by atoms with E-state index in [2.05, 4.69) is 35.1 Å². The number of ether oxygens (including phenoxy) is 1. The van der Waals surface area contributed by atoms with E-state index in [1.165, 1.54) is 0 Å². The zero-order chi connectivity index (χ0) is 13.4.